The van der Waals surface area contributed by atoms with Crippen LogP contribution in [0.25, 0.3) is 0 Å². The van der Waals surface area contributed by atoms with Crippen LogP contribution in [-0.4, -0.2) is 26.7 Å². The molecule has 22 heavy (non-hydrogen) atoms. The van der Waals surface area contributed by atoms with Crippen LogP contribution in [0.5, 0.6) is 11.5 Å². The first-order valence-electron chi connectivity index (χ1n) is 6.88. The Kier molecular flexibility index (Phi) is 5.67. The maximum atomic E-state index is 12.1. The van der Waals surface area contributed by atoms with Gasteiger partial charge in [0.05, 0.1) is 19.2 Å². The summed E-state index contributed by atoms with van der Waals surface area (Å²) in [5, 5.41) is 3.29. The van der Waals surface area contributed by atoms with E-state index in [0.29, 0.717) is 22.9 Å². The number of nitrogens with one attached hydrogen (secondary N) is 1. The van der Waals surface area contributed by atoms with Crippen molar-refractivity contribution in [1.82, 2.24) is 5.32 Å². The second-order valence-corrected chi connectivity index (χ2v) is 5.11. The molecule has 0 spiro atoms. The van der Waals surface area contributed by atoms with E-state index in [-0.39, 0.29) is 5.91 Å². The second-order valence-electron chi connectivity index (χ2n) is 4.70. The van der Waals surface area contributed by atoms with E-state index in [4.69, 9.17) is 21.1 Å². The van der Waals surface area contributed by atoms with Crippen LogP contribution >= 0.6 is 11.6 Å². The normalized spacial score (nSPS) is 10.1. The zero-order chi connectivity index (χ0) is 15.9. The van der Waals surface area contributed by atoms with Crippen LogP contribution in [0.15, 0.2) is 42.5 Å². The lowest BCUT2D eigenvalue weighted by atomic mass is 10.1. The number of amides is 1. The van der Waals surface area contributed by atoms with Crippen molar-refractivity contribution < 1.29 is 14.3 Å². The van der Waals surface area contributed by atoms with Crippen molar-refractivity contribution >= 4 is 17.5 Å². The minimum absolute atomic E-state index is 0.155. The Morgan fingerprint density at radius 1 is 1.09 bits per heavy atom. The van der Waals surface area contributed by atoms with Crippen LogP contribution in [0, 0.1) is 0 Å². The van der Waals surface area contributed by atoms with E-state index < -0.39 is 0 Å². The predicted octanol–water partition coefficient (Wildman–Crippen LogP) is 3.33. The number of carbonyl (C=O) groups excluding carboxylic acids is 1. The number of methoxy groups -OCH3 is 2. The number of ether oxygens (including phenoxy) is 2. The van der Waals surface area contributed by atoms with Gasteiger partial charge in [0.25, 0.3) is 5.91 Å². The fourth-order valence-corrected chi connectivity index (χ4v) is 2.28. The molecule has 0 aliphatic carbocycles. The predicted molar refractivity (Wildman–Crippen MR) is 87.0 cm³/mol. The molecule has 1 amide bonds. The van der Waals surface area contributed by atoms with Crippen molar-refractivity contribution in [2.45, 2.75) is 6.42 Å². The van der Waals surface area contributed by atoms with Crippen molar-refractivity contribution in [3.05, 3.63) is 58.6 Å². The van der Waals surface area contributed by atoms with Gasteiger partial charge in [-0.1, -0.05) is 23.7 Å². The molecule has 0 aliphatic heterocycles. The zero-order valence-corrected chi connectivity index (χ0v) is 13.3. The molecular formula is C17H18ClNO3. The Labute approximate surface area is 135 Å². The summed E-state index contributed by atoms with van der Waals surface area (Å²) in [6, 6.07) is 12.7. The Morgan fingerprint density at radius 2 is 1.82 bits per heavy atom. The average Bonchev–Trinajstić information content (AvgIpc) is 2.55. The summed E-state index contributed by atoms with van der Waals surface area (Å²) in [5.41, 5.74) is 1.65. The number of hydrogen-bond acceptors (Lipinski definition) is 3. The first kappa shape index (κ1) is 16.2. The van der Waals surface area contributed by atoms with E-state index in [1.807, 2.05) is 24.3 Å². The summed E-state index contributed by atoms with van der Waals surface area (Å²) in [5.74, 6) is 1.22. The van der Waals surface area contributed by atoms with Gasteiger partial charge in [-0.3, -0.25) is 4.79 Å². The number of rotatable bonds is 6. The Hall–Kier alpha value is -2.20. The van der Waals surface area contributed by atoms with Gasteiger partial charge in [-0.15, -0.1) is 0 Å². The van der Waals surface area contributed by atoms with Gasteiger partial charge < -0.3 is 14.8 Å². The van der Waals surface area contributed by atoms with Crippen molar-refractivity contribution in [1.29, 1.82) is 0 Å². The maximum Gasteiger partial charge on any atom is 0.251 e. The quantitative estimate of drug-likeness (QED) is 0.888. The molecule has 2 rings (SSSR count). The molecule has 0 atom stereocenters. The molecule has 5 heteroatoms. The minimum atomic E-state index is -0.155. The highest BCUT2D eigenvalue weighted by molar-refractivity contribution is 6.32. The van der Waals surface area contributed by atoms with Gasteiger partial charge in [-0.25, -0.2) is 0 Å². The van der Waals surface area contributed by atoms with Gasteiger partial charge in [0, 0.05) is 12.1 Å². The van der Waals surface area contributed by atoms with Crippen LogP contribution in [0.4, 0.5) is 0 Å². The number of carbonyl (C=O) groups is 1. The van der Waals surface area contributed by atoms with Crippen molar-refractivity contribution in [3.8, 4) is 11.5 Å². The van der Waals surface area contributed by atoms with Gasteiger partial charge in [0.15, 0.2) is 0 Å². The first-order chi connectivity index (χ1) is 10.6. The van der Waals surface area contributed by atoms with E-state index in [1.54, 1.807) is 25.3 Å². The Balaban J connectivity index is 1.88. The van der Waals surface area contributed by atoms with Gasteiger partial charge >= 0.3 is 0 Å². The molecule has 116 valence electrons. The third-order valence-electron chi connectivity index (χ3n) is 3.27. The van der Waals surface area contributed by atoms with E-state index in [2.05, 4.69) is 5.32 Å². The van der Waals surface area contributed by atoms with Crippen LogP contribution < -0.4 is 14.8 Å². The van der Waals surface area contributed by atoms with E-state index in [9.17, 15) is 4.79 Å². The fraction of sp³-hybridized carbons (Fsp3) is 0.235. The number of halogens is 1. The molecule has 0 radical (unpaired) electrons. The molecule has 2 aromatic carbocycles. The molecule has 2 aromatic rings. The molecule has 0 aliphatic rings. The van der Waals surface area contributed by atoms with Gasteiger partial charge in [0.2, 0.25) is 0 Å². The molecule has 0 saturated carbocycles. The monoisotopic (exact) mass is 319 g/mol. The zero-order valence-electron chi connectivity index (χ0n) is 12.6. The molecule has 0 aromatic heterocycles. The highest BCUT2D eigenvalue weighted by atomic mass is 35.5. The fourth-order valence-electron chi connectivity index (χ4n) is 2.02. The smallest absolute Gasteiger partial charge is 0.251 e. The molecule has 1 N–H and O–H groups in total. The number of hydrogen-bond donors (Lipinski definition) is 1. The van der Waals surface area contributed by atoms with Gasteiger partial charge in [-0.2, -0.15) is 0 Å². The maximum absolute atomic E-state index is 12.1. The standard InChI is InChI=1S/C17H18ClNO3/c1-21-14-6-3-12(4-7-14)9-10-19-17(20)13-5-8-16(22-2)15(18)11-13/h3-8,11H,9-10H2,1-2H3,(H,19,20). The summed E-state index contributed by atoms with van der Waals surface area (Å²) < 4.78 is 10.2. The lowest BCUT2D eigenvalue weighted by Gasteiger charge is -2.08. The minimum Gasteiger partial charge on any atom is -0.497 e. The third kappa shape index (κ3) is 4.15. The molecule has 0 bridgehead atoms. The molecule has 4 nitrogen and oxygen atoms in total. The highest BCUT2D eigenvalue weighted by Crippen LogP contribution is 2.24. The van der Waals surface area contributed by atoms with Crippen molar-refractivity contribution in [2.24, 2.45) is 0 Å². The lowest BCUT2D eigenvalue weighted by molar-refractivity contribution is 0.0954. The summed E-state index contributed by atoms with van der Waals surface area (Å²) in [6.07, 6.45) is 0.750. The highest BCUT2D eigenvalue weighted by Gasteiger charge is 2.08. The van der Waals surface area contributed by atoms with Crippen LogP contribution in [0.3, 0.4) is 0 Å². The van der Waals surface area contributed by atoms with Crippen molar-refractivity contribution in [2.75, 3.05) is 20.8 Å². The second kappa shape index (κ2) is 7.71. The van der Waals surface area contributed by atoms with Crippen LogP contribution in [0.2, 0.25) is 5.02 Å². The van der Waals surface area contributed by atoms with Crippen LogP contribution in [-0.2, 0) is 6.42 Å². The van der Waals surface area contributed by atoms with E-state index in [1.165, 1.54) is 7.11 Å². The first-order valence-corrected chi connectivity index (χ1v) is 7.26. The summed E-state index contributed by atoms with van der Waals surface area (Å²) in [4.78, 5) is 12.1. The van der Waals surface area contributed by atoms with Gasteiger partial charge in [-0.05, 0) is 42.3 Å². The topological polar surface area (TPSA) is 47.6 Å². The third-order valence-corrected chi connectivity index (χ3v) is 3.57. The van der Waals surface area contributed by atoms with Gasteiger partial charge in [0.1, 0.15) is 11.5 Å². The molecule has 0 fully saturated rings. The molecule has 0 unspecified atom stereocenters. The molecule has 0 saturated heterocycles. The average molecular weight is 320 g/mol. The van der Waals surface area contributed by atoms with Crippen LogP contribution in [0.1, 0.15) is 15.9 Å². The van der Waals surface area contributed by atoms with E-state index in [0.717, 1.165) is 17.7 Å². The lowest BCUT2D eigenvalue weighted by Crippen LogP contribution is -2.25. The molecule has 0 heterocycles. The largest absolute Gasteiger partial charge is 0.497 e. The van der Waals surface area contributed by atoms with Crippen molar-refractivity contribution in [3.63, 3.8) is 0 Å². The SMILES string of the molecule is COc1ccc(CCNC(=O)c2ccc(OC)c(Cl)c2)cc1. The summed E-state index contributed by atoms with van der Waals surface area (Å²) in [7, 11) is 3.17. The summed E-state index contributed by atoms with van der Waals surface area (Å²) >= 11 is 6.02. The summed E-state index contributed by atoms with van der Waals surface area (Å²) in [6.45, 7) is 0.550. The Morgan fingerprint density at radius 3 is 2.41 bits per heavy atom. The molecular weight excluding hydrogens is 302 g/mol. The van der Waals surface area contributed by atoms with E-state index >= 15 is 0 Å². The Bertz CT molecular complexity index is 641. The number of benzene rings is 2.